The molecule has 5 heteroatoms. The Morgan fingerprint density at radius 1 is 1.59 bits per heavy atom. The predicted octanol–water partition coefficient (Wildman–Crippen LogP) is 2.08. The molecular formula is C12H13FN2O2. The van der Waals surface area contributed by atoms with Crippen molar-refractivity contribution in [3.8, 4) is 0 Å². The summed E-state index contributed by atoms with van der Waals surface area (Å²) < 4.78 is 13.9. The van der Waals surface area contributed by atoms with Crippen LogP contribution in [0.1, 0.15) is 23.7 Å². The van der Waals surface area contributed by atoms with Gasteiger partial charge in [-0.2, -0.15) is 0 Å². The van der Waals surface area contributed by atoms with Crippen molar-refractivity contribution in [3.05, 3.63) is 35.3 Å². The van der Waals surface area contributed by atoms with E-state index in [1.165, 1.54) is 12.3 Å². The lowest BCUT2D eigenvalue weighted by Gasteiger charge is -2.27. The van der Waals surface area contributed by atoms with E-state index in [1.54, 1.807) is 4.90 Å². The van der Waals surface area contributed by atoms with Crippen LogP contribution in [0.2, 0.25) is 0 Å². The monoisotopic (exact) mass is 236 g/mol. The quantitative estimate of drug-likeness (QED) is 0.799. The number of hydrogen-bond acceptors (Lipinski definition) is 3. The van der Waals surface area contributed by atoms with E-state index in [4.69, 9.17) is 5.11 Å². The number of nitrogens with zero attached hydrogens (tertiary/aromatic N) is 2. The normalized spacial score (nSPS) is 15.6. The number of aromatic carboxylic acids is 1. The first-order valence-corrected chi connectivity index (χ1v) is 5.38. The largest absolute Gasteiger partial charge is 0.478 e. The second kappa shape index (κ2) is 4.53. The summed E-state index contributed by atoms with van der Waals surface area (Å²) in [5, 5.41) is 8.84. The maximum atomic E-state index is 13.9. The summed E-state index contributed by atoms with van der Waals surface area (Å²) in [5.74, 6) is -1.90. The van der Waals surface area contributed by atoms with Crippen molar-refractivity contribution in [1.82, 2.24) is 4.98 Å². The highest BCUT2D eigenvalue weighted by Crippen LogP contribution is 2.22. The molecule has 0 saturated heterocycles. The van der Waals surface area contributed by atoms with Crippen LogP contribution in [0.5, 0.6) is 0 Å². The summed E-state index contributed by atoms with van der Waals surface area (Å²) in [4.78, 5) is 16.5. The second-order valence-corrected chi connectivity index (χ2v) is 4.06. The van der Waals surface area contributed by atoms with E-state index < -0.39 is 11.8 Å². The Morgan fingerprint density at radius 2 is 2.35 bits per heavy atom. The molecule has 2 heterocycles. The van der Waals surface area contributed by atoms with Gasteiger partial charge >= 0.3 is 5.97 Å². The smallest absolute Gasteiger partial charge is 0.338 e. The molecule has 0 amide bonds. The first-order valence-electron chi connectivity index (χ1n) is 5.38. The number of anilines is 1. The van der Waals surface area contributed by atoms with Crippen molar-refractivity contribution in [2.24, 2.45) is 0 Å². The highest BCUT2D eigenvalue weighted by atomic mass is 19.1. The van der Waals surface area contributed by atoms with Crippen LogP contribution in [0.15, 0.2) is 23.9 Å². The molecule has 90 valence electrons. The van der Waals surface area contributed by atoms with Gasteiger partial charge in [-0.1, -0.05) is 11.6 Å². The van der Waals surface area contributed by atoms with Gasteiger partial charge in [-0.3, -0.25) is 0 Å². The molecule has 0 radical (unpaired) electrons. The van der Waals surface area contributed by atoms with Gasteiger partial charge in [-0.15, -0.1) is 0 Å². The molecule has 1 N–H and O–H groups in total. The van der Waals surface area contributed by atoms with Crippen LogP contribution in [-0.4, -0.2) is 29.1 Å². The fourth-order valence-corrected chi connectivity index (χ4v) is 1.91. The van der Waals surface area contributed by atoms with E-state index in [0.29, 0.717) is 13.1 Å². The van der Waals surface area contributed by atoms with Crippen LogP contribution in [0.25, 0.3) is 0 Å². The Morgan fingerprint density at radius 3 is 3.00 bits per heavy atom. The summed E-state index contributed by atoms with van der Waals surface area (Å²) in [6, 6.07) is 1.17. The molecule has 1 aliphatic rings. The Balaban J connectivity index is 2.36. The third kappa shape index (κ3) is 2.27. The third-order valence-corrected chi connectivity index (χ3v) is 2.73. The molecule has 0 unspecified atom stereocenters. The molecule has 0 fully saturated rings. The number of rotatable bonds is 2. The van der Waals surface area contributed by atoms with Crippen molar-refractivity contribution in [2.75, 3.05) is 18.0 Å². The van der Waals surface area contributed by atoms with Gasteiger partial charge in [0.1, 0.15) is 5.56 Å². The molecule has 0 bridgehead atoms. The summed E-state index contributed by atoms with van der Waals surface area (Å²) >= 11 is 0. The number of hydrogen-bond donors (Lipinski definition) is 1. The Labute approximate surface area is 98.4 Å². The van der Waals surface area contributed by atoms with Gasteiger partial charge in [-0.25, -0.2) is 14.2 Å². The molecule has 1 aliphatic heterocycles. The topological polar surface area (TPSA) is 53.4 Å². The van der Waals surface area contributed by atoms with Crippen LogP contribution in [-0.2, 0) is 0 Å². The second-order valence-electron chi connectivity index (χ2n) is 4.06. The minimum absolute atomic E-state index is 0.123. The van der Waals surface area contributed by atoms with Crippen molar-refractivity contribution in [1.29, 1.82) is 0 Å². The number of carbonyl (C=O) groups is 1. The molecule has 0 spiro atoms. The van der Waals surface area contributed by atoms with Crippen molar-refractivity contribution in [3.63, 3.8) is 0 Å². The van der Waals surface area contributed by atoms with Gasteiger partial charge in [-0.05, 0) is 19.4 Å². The Bertz CT molecular complexity index is 485. The molecule has 17 heavy (non-hydrogen) atoms. The summed E-state index contributed by atoms with van der Waals surface area (Å²) in [6.07, 6.45) is 4.25. The molecule has 0 aromatic carbocycles. The van der Waals surface area contributed by atoms with Crippen molar-refractivity contribution < 1.29 is 14.3 Å². The molecule has 2 rings (SSSR count). The molecular weight excluding hydrogens is 223 g/mol. The van der Waals surface area contributed by atoms with Crippen LogP contribution >= 0.6 is 0 Å². The lowest BCUT2D eigenvalue weighted by molar-refractivity contribution is 0.0692. The maximum Gasteiger partial charge on any atom is 0.338 e. The van der Waals surface area contributed by atoms with Crippen molar-refractivity contribution >= 4 is 11.8 Å². The van der Waals surface area contributed by atoms with Crippen LogP contribution in [0.4, 0.5) is 10.2 Å². The average Bonchev–Trinajstić information content (AvgIpc) is 2.29. The van der Waals surface area contributed by atoms with Crippen LogP contribution in [0.3, 0.4) is 0 Å². The highest BCUT2D eigenvalue weighted by Gasteiger charge is 2.20. The van der Waals surface area contributed by atoms with E-state index in [0.717, 1.165) is 12.0 Å². The number of pyridine rings is 1. The third-order valence-electron chi connectivity index (χ3n) is 2.73. The first kappa shape index (κ1) is 11.6. The standard InChI is InChI=1S/C12H13FN2O2/c1-8-3-2-6-15(7-8)11-10(13)9(12(16)17)4-5-14-11/h3-5H,2,6-7H2,1H3,(H,16,17). The fourth-order valence-electron chi connectivity index (χ4n) is 1.91. The Kier molecular flexibility index (Phi) is 3.08. The number of carboxylic acids is 1. The zero-order valence-corrected chi connectivity index (χ0v) is 9.48. The van der Waals surface area contributed by atoms with E-state index in [1.807, 2.05) is 6.92 Å². The number of halogens is 1. The molecule has 4 nitrogen and oxygen atoms in total. The lowest BCUT2D eigenvalue weighted by atomic mass is 10.1. The van der Waals surface area contributed by atoms with E-state index in [2.05, 4.69) is 11.1 Å². The van der Waals surface area contributed by atoms with Crippen LogP contribution in [0, 0.1) is 5.82 Å². The van der Waals surface area contributed by atoms with Gasteiger partial charge in [0.05, 0.1) is 0 Å². The van der Waals surface area contributed by atoms with E-state index in [-0.39, 0.29) is 11.4 Å². The first-order chi connectivity index (χ1) is 8.09. The zero-order chi connectivity index (χ0) is 12.4. The maximum absolute atomic E-state index is 13.9. The number of aromatic nitrogens is 1. The lowest BCUT2D eigenvalue weighted by Crippen LogP contribution is -2.31. The minimum atomic E-state index is -1.27. The SMILES string of the molecule is CC1=CCCN(c2nccc(C(=O)O)c2F)C1. The van der Waals surface area contributed by atoms with Crippen LogP contribution < -0.4 is 4.90 Å². The molecule has 1 aromatic heterocycles. The minimum Gasteiger partial charge on any atom is -0.478 e. The van der Waals surface area contributed by atoms with Gasteiger partial charge in [0.25, 0.3) is 0 Å². The zero-order valence-electron chi connectivity index (χ0n) is 9.48. The molecule has 0 atom stereocenters. The van der Waals surface area contributed by atoms with Crippen molar-refractivity contribution in [2.45, 2.75) is 13.3 Å². The fraction of sp³-hybridized carbons (Fsp3) is 0.333. The molecule has 0 saturated carbocycles. The highest BCUT2D eigenvalue weighted by molar-refractivity contribution is 5.88. The summed E-state index contributed by atoms with van der Waals surface area (Å²) in [5.41, 5.74) is 0.806. The van der Waals surface area contributed by atoms with Gasteiger partial charge in [0, 0.05) is 19.3 Å². The van der Waals surface area contributed by atoms with Gasteiger partial charge in [0.15, 0.2) is 11.6 Å². The summed E-state index contributed by atoms with van der Waals surface area (Å²) in [7, 11) is 0. The molecule has 0 aliphatic carbocycles. The van der Waals surface area contributed by atoms with E-state index >= 15 is 0 Å². The van der Waals surface area contributed by atoms with Gasteiger partial charge in [0.2, 0.25) is 0 Å². The van der Waals surface area contributed by atoms with Gasteiger partial charge < -0.3 is 10.0 Å². The number of carboxylic acid groups (broad SMARTS) is 1. The summed E-state index contributed by atoms with van der Waals surface area (Å²) in [6.45, 7) is 3.21. The Hall–Kier alpha value is -1.91. The predicted molar refractivity (Wildman–Crippen MR) is 61.7 cm³/mol. The average molecular weight is 236 g/mol. The molecule has 1 aromatic rings. The van der Waals surface area contributed by atoms with E-state index in [9.17, 15) is 9.18 Å².